The van der Waals surface area contributed by atoms with Gasteiger partial charge in [0.1, 0.15) is 0 Å². The van der Waals surface area contributed by atoms with E-state index in [2.05, 4.69) is 12.2 Å². The van der Waals surface area contributed by atoms with Gasteiger partial charge in [-0.05, 0) is 31.9 Å². The molecule has 1 aromatic carbocycles. The first-order valence-corrected chi connectivity index (χ1v) is 6.78. The Hall–Kier alpha value is -1.03. The van der Waals surface area contributed by atoms with Crippen LogP contribution in [-0.2, 0) is 6.18 Å². The molecule has 0 aromatic heterocycles. The van der Waals surface area contributed by atoms with Gasteiger partial charge in [0.25, 0.3) is 0 Å². The molecule has 0 saturated heterocycles. The summed E-state index contributed by atoms with van der Waals surface area (Å²) in [6, 6.07) is 5.69. The lowest BCUT2D eigenvalue weighted by Crippen LogP contribution is -2.30. The van der Waals surface area contributed by atoms with E-state index in [4.69, 9.17) is 0 Å². The quantitative estimate of drug-likeness (QED) is 0.774. The van der Waals surface area contributed by atoms with Crippen molar-refractivity contribution in [2.24, 2.45) is 0 Å². The van der Waals surface area contributed by atoms with Gasteiger partial charge in [0.15, 0.2) is 0 Å². The van der Waals surface area contributed by atoms with Crippen LogP contribution >= 0.6 is 0 Å². The van der Waals surface area contributed by atoms with Gasteiger partial charge in [-0.1, -0.05) is 38.0 Å². The SMILES string of the molecule is CCCCC(C)NC(C)c1ccccc1C(F)(F)F. The zero-order valence-electron chi connectivity index (χ0n) is 11.7. The van der Waals surface area contributed by atoms with E-state index in [1.54, 1.807) is 19.1 Å². The third kappa shape index (κ3) is 4.86. The van der Waals surface area contributed by atoms with E-state index in [1.165, 1.54) is 6.07 Å². The van der Waals surface area contributed by atoms with Crippen LogP contribution in [0.5, 0.6) is 0 Å². The van der Waals surface area contributed by atoms with Crippen LogP contribution in [0.4, 0.5) is 13.2 Å². The van der Waals surface area contributed by atoms with Crippen LogP contribution in [0.1, 0.15) is 57.2 Å². The first-order valence-electron chi connectivity index (χ1n) is 6.78. The number of halogens is 3. The van der Waals surface area contributed by atoms with Crippen molar-refractivity contribution in [3.8, 4) is 0 Å². The van der Waals surface area contributed by atoms with Crippen LogP contribution in [0.25, 0.3) is 0 Å². The Labute approximate surface area is 113 Å². The van der Waals surface area contributed by atoms with Gasteiger partial charge in [-0.3, -0.25) is 0 Å². The third-order valence-electron chi connectivity index (χ3n) is 3.26. The highest BCUT2D eigenvalue weighted by atomic mass is 19.4. The maximum absolute atomic E-state index is 12.9. The van der Waals surface area contributed by atoms with Crippen molar-refractivity contribution in [3.63, 3.8) is 0 Å². The highest BCUT2D eigenvalue weighted by Gasteiger charge is 2.34. The topological polar surface area (TPSA) is 12.0 Å². The van der Waals surface area contributed by atoms with Gasteiger partial charge in [-0.25, -0.2) is 0 Å². The van der Waals surface area contributed by atoms with E-state index in [9.17, 15) is 13.2 Å². The summed E-state index contributed by atoms with van der Waals surface area (Å²) in [5.41, 5.74) is -0.226. The Morgan fingerprint density at radius 1 is 1.16 bits per heavy atom. The van der Waals surface area contributed by atoms with E-state index >= 15 is 0 Å². The number of unbranched alkanes of at least 4 members (excludes halogenated alkanes) is 1. The van der Waals surface area contributed by atoms with Gasteiger partial charge in [0, 0.05) is 12.1 Å². The van der Waals surface area contributed by atoms with Crippen LogP contribution in [0, 0.1) is 0 Å². The molecule has 4 heteroatoms. The van der Waals surface area contributed by atoms with Gasteiger partial charge in [-0.15, -0.1) is 0 Å². The summed E-state index contributed by atoms with van der Waals surface area (Å²) in [4.78, 5) is 0. The number of hydrogen-bond acceptors (Lipinski definition) is 1. The smallest absolute Gasteiger partial charge is 0.308 e. The summed E-state index contributed by atoms with van der Waals surface area (Å²) in [7, 11) is 0. The molecular formula is C15H22F3N. The Morgan fingerprint density at radius 3 is 2.37 bits per heavy atom. The molecule has 0 aliphatic heterocycles. The fourth-order valence-electron chi connectivity index (χ4n) is 2.24. The number of alkyl halides is 3. The van der Waals surface area contributed by atoms with Crippen LogP contribution in [0.15, 0.2) is 24.3 Å². The average Bonchev–Trinajstić information content (AvgIpc) is 2.35. The molecule has 19 heavy (non-hydrogen) atoms. The number of rotatable bonds is 6. The van der Waals surface area contributed by atoms with Crippen molar-refractivity contribution in [1.82, 2.24) is 5.32 Å². The van der Waals surface area contributed by atoms with Crippen molar-refractivity contribution < 1.29 is 13.2 Å². The predicted molar refractivity (Wildman–Crippen MR) is 72.0 cm³/mol. The van der Waals surface area contributed by atoms with E-state index in [0.717, 1.165) is 25.3 Å². The molecule has 0 bridgehead atoms. The van der Waals surface area contributed by atoms with Crippen molar-refractivity contribution >= 4 is 0 Å². The molecule has 1 N–H and O–H groups in total. The Bertz CT molecular complexity index is 387. The lowest BCUT2D eigenvalue weighted by molar-refractivity contribution is -0.138. The normalized spacial score (nSPS) is 15.3. The molecule has 0 aliphatic rings. The van der Waals surface area contributed by atoms with Crippen molar-refractivity contribution in [2.75, 3.05) is 0 Å². The fourth-order valence-corrected chi connectivity index (χ4v) is 2.24. The Kier molecular flexibility index (Phi) is 5.85. The molecule has 0 saturated carbocycles. The maximum atomic E-state index is 12.9. The first-order chi connectivity index (χ1) is 8.86. The molecule has 1 nitrogen and oxygen atoms in total. The monoisotopic (exact) mass is 273 g/mol. The summed E-state index contributed by atoms with van der Waals surface area (Å²) >= 11 is 0. The molecule has 0 aliphatic carbocycles. The molecule has 0 spiro atoms. The molecule has 0 heterocycles. The number of hydrogen-bond donors (Lipinski definition) is 1. The van der Waals surface area contributed by atoms with Gasteiger partial charge >= 0.3 is 6.18 Å². The van der Waals surface area contributed by atoms with Gasteiger partial charge in [0.2, 0.25) is 0 Å². The standard InChI is InChI=1S/C15H22F3N/c1-4-5-8-11(2)19-12(3)13-9-6-7-10-14(13)15(16,17)18/h6-7,9-12,19H,4-5,8H2,1-3H3. The number of benzene rings is 1. The molecule has 0 fully saturated rings. The third-order valence-corrected chi connectivity index (χ3v) is 3.26. The van der Waals surface area contributed by atoms with Gasteiger partial charge in [0.05, 0.1) is 5.56 Å². The lowest BCUT2D eigenvalue weighted by Gasteiger charge is -2.23. The lowest BCUT2D eigenvalue weighted by atomic mass is 10.00. The Balaban J connectivity index is 2.79. The highest BCUT2D eigenvalue weighted by Crippen LogP contribution is 2.34. The average molecular weight is 273 g/mol. The zero-order valence-corrected chi connectivity index (χ0v) is 11.7. The second-order valence-corrected chi connectivity index (χ2v) is 5.02. The zero-order chi connectivity index (χ0) is 14.5. The second kappa shape index (κ2) is 6.94. The summed E-state index contributed by atoms with van der Waals surface area (Å²) in [5.74, 6) is 0. The van der Waals surface area contributed by atoms with E-state index in [-0.39, 0.29) is 12.1 Å². The second-order valence-electron chi connectivity index (χ2n) is 5.02. The summed E-state index contributed by atoms with van der Waals surface area (Å²) in [6.45, 7) is 5.91. The summed E-state index contributed by atoms with van der Waals surface area (Å²) in [6.07, 6.45) is -1.13. The van der Waals surface area contributed by atoms with Crippen LogP contribution < -0.4 is 5.32 Å². The van der Waals surface area contributed by atoms with Crippen LogP contribution in [0.2, 0.25) is 0 Å². The molecule has 2 unspecified atom stereocenters. The highest BCUT2D eigenvalue weighted by molar-refractivity contribution is 5.32. The molecule has 2 atom stereocenters. The van der Waals surface area contributed by atoms with E-state index < -0.39 is 11.7 Å². The van der Waals surface area contributed by atoms with Gasteiger partial charge in [-0.2, -0.15) is 13.2 Å². The van der Waals surface area contributed by atoms with Crippen molar-refractivity contribution in [2.45, 2.75) is 58.3 Å². The van der Waals surface area contributed by atoms with Gasteiger partial charge < -0.3 is 5.32 Å². The molecular weight excluding hydrogens is 251 g/mol. The summed E-state index contributed by atoms with van der Waals surface area (Å²) < 4.78 is 38.8. The van der Waals surface area contributed by atoms with Crippen LogP contribution in [0.3, 0.4) is 0 Å². The molecule has 1 aromatic rings. The first kappa shape index (κ1) is 16.0. The maximum Gasteiger partial charge on any atom is 0.416 e. The molecule has 0 amide bonds. The molecule has 1 rings (SSSR count). The molecule has 0 radical (unpaired) electrons. The van der Waals surface area contributed by atoms with Crippen molar-refractivity contribution in [3.05, 3.63) is 35.4 Å². The minimum absolute atomic E-state index is 0.219. The van der Waals surface area contributed by atoms with Crippen LogP contribution in [-0.4, -0.2) is 6.04 Å². The van der Waals surface area contributed by atoms with E-state index in [1.807, 2.05) is 6.92 Å². The Morgan fingerprint density at radius 2 is 1.79 bits per heavy atom. The minimum Gasteiger partial charge on any atom is -0.308 e. The predicted octanol–water partition coefficient (Wildman–Crippen LogP) is 4.93. The minimum atomic E-state index is -4.29. The largest absolute Gasteiger partial charge is 0.416 e. The molecule has 108 valence electrons. The summed E-state index contributed by atoms with van der Waals surface area (Å²) in [5, 5.41) is 3.24. The van der Waals surface area contributed by atoms with Crippen molar-refractivity contribution in [1.29, 1.82) is 0 Å². The fraction of sp³-hybridized carbons (Fsp3) is 0.600. The number of nitrogens with one attached hydrogen (secondary N) is 1. The van der Waals surface area contributed by atoms with E-state index in [0.29, 0.717) is 5.56 Å².